The number of hydrogen-bond acceptors (Lipinski definition) is 3. The topological polar surface area (TPSA) is 55.4 Å². The lowest BCUT2D eigenvalue weighted by Gasteiger charge is -2.23. The molecule has 0 spiro atoms. The molecule has 0 saturated heterocycles. The SMILES string of the molecule is CNC(=O)C1=CC(=O)C(C)(c2ccccc2)O1. The average Bonchev–Trinajstić information content (AvgIpc) is 2.67. The molecular formula is C13H13NO3. The summed E-state index contributed by atoms with van der Waals surface area (Å²) in [5.74, 6) is -0.552. The van der Waals surface area contributed by atoms with Crippen LogP contribution in [0.3, 0.4) is 0 Å². The molecule has 1 aromatic carbocycles. The maximum absolute atomic E-state index is 11.9. The fraction of sp³-hybridized carbons (Fsp3) is 0.231. The van der Waals surface area contributed by atoms with E-state index in [4.69, 9.17) is 4.74 Å². The molecule has 1 unspecified atom stereocenters. The summed E-state index contributed by atoms with van der Waals surface area (Å²) < 4.78 is 5.50. The van der Waals surface area contributed by atoms with Crippen LogP contribution in [-0.2, 0) is 19.9 Å². The molecule has 17 heavy (non-hydrogen) atoms. The molecule has 0 saturated carbocycles. The monoisotopic (exact) mass is 231 g/mol. The van der Waals surface area contributed by atoms with E-state index >= 15 is 0 Å². The van der Waals surface area contributed by atoms with Gasteiger partial charge in [0.2, 0.25) is 5.78 Å². The number of carbonyl (C=O) groups excluding carboxylic acids is 2. The van der Waals surface area contributed by atoms with E-state index in [-0.39, 0.29) is 11.5 Å². The molecule has 1 atom stereocenters. The third-order valence-electron chi connectivity index (χ3n) is 2.82. The van der Waals surface area contributed by atoms with E-state index < -0.39 is 11.5 Å². The Bertz CT molecular complexity index is 493. The first-order valence-electron chi connectivity index (χ1n) is 5.30. The lowest BCUT2D eigenvalue weighted by atomic mass is 9.92. The van der Waals surface area contributed by atoms with Crippen LogP contribution in [0, 0.1) is 0 Å². The Balaban J connectivity index is 2.33. The zero-order valence-electron chi connectivity index (χ0n) is 9.69. The number of ketones is 1. The minimum atomic E-state index is -1.09. The highest BCUT2D eigenvalue weighted by Crippen LogP contribution is 2.34. The molecule has 0 aromatic heterocycles. The molecule has 2 rings (SSSR count). The van der Waals surface area contributed by atoms with Gasteiger partial charge in [0.1, 0.15) is 0 Å². The molecule has 0 radical (unpaired) electrons. The Morgan fingerprint density at radius 3 is 2.53 bits per heavy atom. The van der Waals surface area contributed by atoms with Crippen LogP contribution in [0.25, 0.3) is 0 Å². The fourth-order valence-electron chi connectivity index (χ4n) is 1.75. The quantitative estimate of drug-likeness (QED) is 0.830. The molecule has 0 aliphatic carbocycles. The minimum absolute atomic E-state index is 0.0591. The van der Waals surface area contributed by atoms with E-state index in [0.29, 0.717) is 0 Å². The van der Waals surface area contributed by atoms with Crippen molar-refractivity contribution in [1.29, 1.82) is 0 Å². The van der Waals surface area contributed by atoms with E-state index in [1.54, 1.807) is 19.1 Å². The first-order valence-corrected chi connectivity index (χ1v) is 5.30. The van der Waals surface area contributed by atoms with Gasteiger partial charge in [0.15, 0.2) is 11.4 Å². The van der Waals surface area contributed by atoms with E-state index in [9.17, 15) is 9.59 Å². The highest BCUT2D eigenvalue weighted by Gasteiger charge is 2.43. The summed E-state index contributed by atoms with van der Waals surface area (Å²) in [5, 5.41) is 2.43. The molecule has 1 aliphatic heterocycles. The number of likely N-dealkylation sites (N-methyl/N-ethyl adjacent to an activating group) is 1. The van der Waals surface area contributed by atoms with E-state index in [1.165, 1.54) is 13.1 Å². The van der Waals surface area contributed by atoms with Crippen LogP contribution < -0.4 is 5.32 Å². The van der Waals surface area contributed by atoms with E-state index in [2.05, 4.69) is 5.32 Å². The van der Waals surface area contributed by atoms with Crippen molar-refractivity contribution in [3.05, 3.63) is 47.7 Å². The van der Waals surface area contributed by atoms with Gasteiger partial charge in [-0.1, -0.05) is 30.3 Å². The van der Waals surface area contributed by atoms with Gasteiger partial charge in [-0.15, -0.1) is 0 Å². The molecular weight excluding hydrogens is 218 g/mol. The molecule has 1 amide bonds. The lowest BCUT2D eigenvalue weighted by Crippen LogP contribution is -2.31. The third-order valence-corrected chi connectivity index (χ3v) is 2.82. The van der Waals surface area contributed by atoms with Crippen LogP contribution in [-0.4, -0.2) is 18.7 Å². The number of benzene rings is 1. The van der Waals surface area contributed by atoms with Crippen molar-refractivity contribution in [3.8, 4) is 0 Å². The third kappa shape index (κ3) is 1.82. The van der Waals surface area contributed by atoms with Gasteiger partial charge in [0.25, 0.3) is 5.91 Å². The second-order valence-electron chi connectivity index (χ2n) is 3.95. The lowest BCUT2D eigenvalue weighted by molar-refractivity contribution is -0.132. The summed E-state index contributed by atoms with van der Waals surface area (Å²) in [4.78, 5) is 23.4. The van der Waals surface area contributed by atoms with Crippen LogP contribution in [0.15, 0.2) is 42.2 Å². The molecule has 0 bridgehead atoms. The van der Waals surface area contributed by atoms with Gasteiger partial charge in [0.05, 0.1) is 0 Å². The van der Waals surface area contributed by atoms with Crippen molar-refractivity contribution >= 4 is 11.7 Å². The maximum atomic E-state index is 11.9. The van der Waals surface area contributed by atoms with Gasteiger partial charge in [-0.2, -0.15) is 0 Å². The highest BCUT2D eigenvalue weighted by molar-refractivity contribution is 6.07. The van der Waals surface area contributed by atoms with Crippen molar-refractivity contribution in [1.82, 2.24) is 5.32 Å². The largest absolute Gasteiger partial charge is 0.469 e. The van der Waals surface area contributed by atoms with Crippen LogP contribution in [0.5, 0.6) is 0 Å². The summed E-state index contributed by atoms with van der Waals surface area (Å²) in [5.41, 5.74) is -0.358. The van der Waals surface area contributed by atoms with E-state index in [0.717, 1.165) is 5.56 Å². The zero-order valence-corrected chi connectivity index (χ0v) is 9.69. The van der Waals surface area contributed by atoms with Crippen LogP contribution in [0.2, 0.25) is 0 Å². The van der Waals surface area contributed by atoms with Gasteiger partial charge in [-0.25, -0.2) is 0 Å². The summed E-state index contributed by atoms with van der Waals surface area (Å²) >= 11 is 0. The minimum Gasteiger partial charge on any atom is -0.469 e. The molecule has 0 fully saturated rings. The first kappa shape index (κ1) is 11.4. The molecule has 88 valence electrons. The van der Waals surface area contributed by atoms with Crippen molar-refractivity contribution in [2.45, 2.75) is 12.5 Å². The highest BCUT2D eigenvalue weighted by atomic mass is 16.5. The molecule has 1 aromatic rings. The molecule has 1 heterocycles. The van der Waals surface area contributed by atoms with Gasteiger partial charge in [-0.05, 0) is 6.92 Å². The van der Waals surface area contributed by atoms with Crippen LogP contribution in [0.1, 0.15) is 12.5 Å². The Morgan fingerprint density at radius 1 is 1.29 bits per heavy atom. The molecule has 4 heteroatoms. The predicted molar refractivity (Wildman–Crippen MR) is 62.0 cm³/mol. The Labute approximate surface area is 99.3 Å². The van der Waals surface area contributed by atoms with E-state index in [1.807, 2.05) is 18.2 Å². The second kappa shape index (κ2) is 4.05. The Hall–Kier alpha value is -2.10. The van der Waals surface area contributed by atoms with Crippen molar-refractivity contribution in [2.24, 2.45) is 0 Å². The summed E-state index contributed by atoms with van der Waals surface area (Å²) in [7, 11) is 1.50. The number of carbonyl (C=O) groups is 2. The number of rotatable bonds is 2. The Kier molecular flexibility index (Phi) is 2.71. The number of nitrogens with one attached hydrogen (secondary N) is 1. The van der Waals surface area contributed by atoms with Crippen molar-refractivity contribution < 1.29 is 14.3 Å². The summed E-state index contributed by atoms with van der Waals surface area (Å²) in [6.07, 6.45) is 1.24. The number of amides is 1. The van der Waals surface area contributed by atoms with Gasteiger partial charge < -0.3 is 10.1 Å². The zero-order chi connectivity index (χ0) is 12.5. The van der Waals surface area contributed by atoms with Crippen molar-refractivity contribution in [3.63, 3.8) is 0 Å². The molecule has 1 N–H and O–H groups in total. The molecule has 4 nitrogen and oxygen atoms in total. The molecule has 1 aliphatic rings. The maximum Gasteiger partial charge on any atom is 0.286 e. The van der Waals surface area contributed by atoms with Crippen LogP contribution >= 0.6 is 0 Å². The van der Waals surface area contributed by atoms with Crippen LogP contribution in [0.4, 0.5) is 0 Å². The smallest absolute Gasteiger partial charge is 0.286 e. The number of ether oxygens (including phenoxy) is 1. The van der Waals surface area contributed by atoms with Gasteiger partial charge in [0, 0.05) is 18.7 Å². The standard InChI is InChI=1S/C13H13NO3/c1-13(9-6-4-3-5-7-9)11(15)8-10(17-13)12(16)14-2/h3-8H,1-2H3,(H,14,16). The average molecular weight is 231 g/mol. The predicted octanol–water partition coefficient (Wildman–Crippen LogP) is 1.13. The number of hydrogen-bond donors (Lipinski definition) is 1. The van der Waals surface area contributed by atoms with Crippen molar-refractivity contribution in [2.75, 3.05) is 7.05 Å². The Morgan fingerprint density at radius 2 is 1.94 bits per heavy atom. The van der Waals surface area contributed by atoms with Gasteiger partial charge >= 0.3 is 0 Å². The first-order chi connectivity index (χ1) is 8.08. The summed E-state index contributed by atoms with van der Waals surface area (Å²) in [6, 6.07) is 9.13. The summed E-state index contributed by atoms with van der Waals surface area (Å²) in [6.45, 7) is 1.66. The normalized spacial score (nSPS) is 22.9. The van der Waals surface area contributed by atoms with Gasteiger partial charge in [-0.3, -0.25) is 9.59 Å². The fourth-order valence-corrected chi connectivity index (χ4v) is 1.75. The second-order valence-corrected chi connectivity index (χ2v) is 3.95.